The maximum absolute atomic E-state index is 9.33. The molecule has 2 N–H and O–H groups in total. The Labute approximate surface area is 115 Å². The normalized spacial score (nSPS) is 7.38. The van der Waals surface area contributed by atoms with E-state index in [0.29, 0.717) is 0 Å². The van der Waals surface area contributed by atoms with Crippen molar-refractivity contribution in [2.75, 3.05) is 6.66 Å². The van der Waals surface area contributed by atoms with Crippen LogP contribution < -0.4 is 0 Å². The minimum atomic E-state index is -3.64. The van der Waals surface area contributed by atoms with Gasteiger partial charge in [0, 0.05) is 6.66 Å². The van der Waals surface area contributed by atoms with Crippen molar-refractivity contribution in [3.63, 3.8) is 0 Å². The van der Waals surface area contributed by atoms with E-state index in [1.807, 2.05) is 0 Å². The van der Waals surface area contributed by atoms with Crippen LogP contribution in [0.25, 0.3) is 0 Å². The predicted octanol–water partition coefficient (Wildman–Crippen LogP) is -2.15. The molecule has 0 heterocycles. The summed E-state index contributed by atoms with van der Waals surface area (Å²) in [5, 5.41) is 0. The van der Waals surface area contributed by atoms with Gasteiger partial charge in [0.15, 0.2) is 0 Å². The summed E-state index contributed by atoms with van der Waals surface area (Å²) in [6.07, 6.45) is 0. The van der Waals surface area contributed by atoms with E-state index in [1.54, 1.807) is 0 Å². The summed E-state index contributed by atoms with van der Waals surface area (Å²) < 4.78 is 9.33. The molecule has 3 nitrogen and oxygen atoms in total. The molecule has 38 valence electrons. The first-order valence-corrected chi connectivity index (χ1v) is 3.09. The molecular formula is CH8Na3O3P. The van der Waals surface area contributed by atoms with Gasteiger partial charge in [0.05, 0.1) is 0 Å². The van der Waals surface area contributed by atoms with Crippen LogP contribution in [0.5, 0.6) is 0 Å². The van der Waals surface area contributed by atoms with Crippen LogP contribution in [-0.2, 0) is 4.57 Å². The van der Waals surface area contributed by atoms with Crippen LogP contribution in [0.3, 0.4) is 0 Å². The first-order valence-electron chi connectivity index (χ1n) is 1.03. The van der Waals surface area contributed by atoms with Crippen molar-refractivity contribution in [1.29, 1.82) is 0 Å². The van der Waals surface area contributed by atoms with Crippen LogP contribution in [0, 0.1) is 0 Å². The molecule has 0 aromatic carbocycles. The number of rotatable bonds is 0. The van der Waals surface area contributed by atoms with Gasteiger partial charge in [-0.05, 0) is 0 Å². The predicted molar refractivity (Wildman–Crippen MR) is 39.4 cm³/mol. The van der Waals surface area contributed by atoms with Gasteiger partial charge in [0.2, 0.25) is 0 Å². The number of hydrogen-bond donors (Lipinski definition) is 2. The Bertz CT molecular complexity index is 60.7. The zero-order valence-corrected chi connectivity index (χ0v) is 3.64. The third kappa shape index (κ3) is 61.3. The van der Waals surface area contributed by atoms with Crippen molar-refractivity contribution in [3.8, 4) is 0 Å². The molecule has 0 bridgehead atoms. The van der Waals surface area contributed by atoms with E-state index in [-0.39, 0.29) is 88.7 Å². The van der Waals surface area contributed by atoms with E-state index in [4.69, 9.17) is 9.79 Å². The summed E-state index contributed by atoms with van der Waals surface area (Å²) in [5.74, 6) is 0. The molecule has 0 atom stereocenters. The average molecular weight is 168 g/mol. The van der Waals surface area contributed by atoms with Crippen LogP contribution in [0.15, 0.2) is 0 Å². The van der Waals surface area contributed by atoms with Gasteiger partial charge in [-0.2, -0.15) is 0 Å². The third-order valence-electron chi connectivity index (χ3n) is 0. The molecule has 0 unspecified atom stereocenters. The molecule has 0 aromatic rings. The van der Waals surface area contributed by atoms with Gasteiger partial charge < -0.3 is 9.79 Å². The standard InChI is InChI=1S/CH5O3P.3Na.3H/c1-5(2,3)4;;;;;;/h1H3,(H2,2,3,4);;;;;;. The summed E-state index contributed by atoms with van der Waals surface area (Å²) in [7, 11) is -3.64. The van der Waals surface area contributed by atoms with Crippen LogP contribution in [0.2, 0.25) is 0 Å². The van der Waals surface area contributed by atoms with Gasteiger partial charge in [0.25, 0.3) is 0 Å². The van der Waals surface area contributed by atoms with Crippen molar-refractivity contribution in [2.24, 2.45) is 0 Å². The van der Waals surface area contributed by atoms with E-state index in [1.165, 1.54) is 0 Å². The molecule has 0 aliphatic carbocycles. The molecule has 7 heteroatoms. The fraction of sp³-hybridized carbons (Fsp3) is 1.00. The second-order valence-corrected chi connectivity index (χ2v) is 2.51. The van der Waals surface area contributed by atoms with Crippen LogP contribution >= 0.6 is 7.60 Å². The Morgan fingerprint density at radius 1 is 1.12 bits per heavy atom. The van der Waals surface area contributed by atoms with Crippen LogP contribution in [0.1, 0.15) is 0 Å². The molecule has 0 aromatic heterocycles. The van der Waals surface area contributed by atoms with Gasteiger partial charge in [-0.1, -0.05) is 0 Å². The van der Waals surface area contributed by atoms with Crippen molar-refractivity contribution >= 4 is 96.3 Å². The zero-order valence-electron chi connectivity index (χ0n) is 2.75. The first-order chi connectivity index (χ1) is 2.00. The summed E-state index contributed by atoms with van der Waals surface area (Å²) in [4.78, 5) is 15.3. The molecule has 8 heavy (non-hydrogen) atoms. The first kappa shape index (κ1) is 22.5. The zero-order chi connectivity index (χ0) is 4.50. The third-order valence-corrected chi connectivity index (χ3v) is 0. The monoisotopic (exact) mass is 168 g/mol. The fourth-order valence-corrected chi connectivity index (χ4v) is 0. The Kier molecular flexibility index (Phi) is 28.5. The quantitative estimate of drug-likeness (QED) is 0.320. The topological polar surface area (TPSA) is 57.5 Å². The SMILES string of the molecule is CP(=O)(O)O.[NaH].[NaH].[NaH]. The minimum absolute atomic E-state index is 0. The molecule has 0 aliphatic heterocycles. The summed E-state index contributed by atoms with van der Waals surface area (Å²) >= 11 is 0. The van der Waals surface area contributed by atoms with E-state index in [0.717, 1.165) is 6.66 Å². The molecular weight excluding hydrogens is 160 g/mol. The summed E-state index contributed by atoms with van der Waals surface area (Å²) in [6.45, 7) is 0.854. The van der Waals surface area contributed by atoms with E-state index in [9.17, 15) is 4.57 Å². The van der Waals surface area contributed by atoms with E-state index >= 15 is 0 Å². The molecule has 0 fully saturated rings. The van der Waals surface area contributed by atoms with Gasteiger partial charge in [0.1, 0.15) is 0 Å². The molecule has 0 amide bonds. The van der Waals surface area contributed by atoms with Crippen molar-refractivity contribution in [2.45, 2.75) is 0 Å². The van der Waals surface area contributed by atoms with E-state index < -0.39 is 7.60 Å². The van der Waals surface area contributed by atoms with Gasteiger partial charge in [-0.15, -0.1) is 0 Å². The van der Waals surface area contributed by atoms with Crippen molar-refractivity contribution in [3.05, 3.63) is 0 Å². The molecule has 0 rings (SSSR count). The Morgan fingerprint density at radius 3 is 1.12 bits per heavy atom. The van der Waals surface area contributed by atoms with Crippen LogP contribution in [0.4, 0.5) is 0 Å². The Hall–Kier alpha value is 3.15. The average Bonchev–Trinajstić information content (AvgIpc) is 0.722. The van der Waals surface area contributed by atoms with Gasteiger partial charge >= 0.3 is 96.3 Å². The Balaban J connectivity index is -0.0000000267. The van der Waals surface area contributed by atoms with Crippen molar-refractivity contribution in [1.82, 2.24) is 0 Å². The summed E-state index contributed by atoms with van der Waals surface area (Å²) in [6, 6.07) is 0. The molecule has 0 spiro atoms. The molecule has 0 saturated carbocycles. The maximum atomic E-state index is 9.33. The Morgan fingerprint density at radius 2 is 1.12 bits per heavy atom. The molecule has 0 aliphatic rings. The van der Waals surface area contributed by atoms with Gasteiger partial charge in [-0.3, -0.25) is 4.57 Å². The van der Waals surface area contributed by atoms with Crippen molar-refractivity contribution < 1.29 is 14.4 Å². The second kappa shape index (κ2) is 10.2. The van der Waals surface area contributed by atoms with Crippen LogP contribution in [-0.4, -0.2) is 105 Å². The number of hydrogen-bond acceptors (Lipinski definition) is 1. The molecule has 0 radical (unpaired) electrons. The fourth-order valence-electron chi connectivity index (χ4n) is 0. The molecule has 0 saturated heterocycles. The van der Waals surface area contributed by atoms with E-state index in [2.05, 4.69) is 0 Å². The summed E-state index contributed by atoms with van der Waals surface area (Å²) in [5.41, 5.74) is 0. The second-order valence-electron chi connectivity index (χ2n) is 0.835. The van der Waals surface area contributed by atoms with Gasteiger partial charge in [-0.25, -0.2) is 0 Å².